The molecule has 0 aromatic carbocycles. The van der Waals surface area contributed by atoms with Gasteiger partial charge < -0.3 is 4.90 Å². The molecule has 1 aromatic heterocycles. The minimum Gasteiger partial charge on any atom is -0.348 e. The summed E-state index contributed by atoms with van der Waals surface area (Å²) in [6.45, 7) is 3.64. The van der Waals surface area contributed by atoms with E-state index in [1.54, 1.807) is 14.1 Å². The number of carbonyl (C=O) groups is 1. The van der Waals surface area contributed by atoms with E-state index in [1.807, 2.05) is 13.8 Å². The summed E-state index contributed by atoms with van der Waals surface area (Å²) in [5, 5.41) is 17.5. The topological polar surface area (TPSA) is 69.9 Å². The van der Waals surface area contributed by atoms with Gasteiger partial charge in [-0.05, 0) is 19.4 Å². The molecule has 0 spiro atoms. The quantitative estimate of drug-likeness (QED) is 0.752. The number of carbonyl (C=O) groups excluding carboxylic acids is 1. The number of aryl methyl sites for hydroxylation is 1. The molecule has 1 aromatic rings. The fourth-order valence-corrected chi connectivity index (χ4v) is 2.04. The van der Waals surface area contributed by atoms with Gasteiger partial charge in [-0.3, -0.25) is 4.79 Å². The third kappa shape index (κ3) is 3.17. The molecule has 1 rings (SSSR count). The monoisotopic (exact) mass is 250 g/mol. The van der Waals surface area contributed by atoms with Crippen molar-refractivity contribution < 1.29 is 4.79 Å². The van der Waals surface area contributed by atoms with E-state index >= 15 is 0 Å². The molecular weight excluding hydrogens is 236 g/mol. The number of rotatable bonds is 3. The molecule has 0 atom stereocenters. The lowest BCUT2D eigenvalue weighted by atomic mass is 10.1. The highest BCUT2D eigenvalue weighted by molar-refractivity contribution is 7.99. The second-order valence-corrected chi connectivity index (χ2v) is 4.74. The van der Waals surface area contributed by atoms with Gasteiger partial charge in [0.25, 0.3) is 0 Å². The maximum absolute atomic E-state index is 11.4. The van der Waals surface area contributed by atoms with Crippen molar-refractivity contribution in [2.24, 2.45) is 0 Å². The average Bonchev–Trinajstić information content (AvgIpc) is 2.30. The van der Waals surface area contributed by atoms with E-state index in [9.17, 15) is 4.79 Å². The predicted molar refractivity (Wildman–Crippen MR) is 65.6 cm³/mol. The number of nitriles is 1. The second-order valence-electron chi connectivity index (χ2n) is 3.78. The Bertz CT molecular complexity index is 479. The number of hydrogen-bond donors (Lipinski definition) is 0. The van der Waals surface area contributed by atoms with E-state index in [-0.39, 0.29) is 11.7 Å². The first-order valence-corrected chi connectivity index (χ1v) is 6.02. The first-order valence-electron chi connectivity index (χ1n) is 5.04. The highest BCUT2D eigenvalue weighted by Crippen LogP contribution is 2.22. The van der Waals surface area contributed by atoms with Crippen LogP contribution >= 0.6 is 11.8 Å². The van der Waals surface area contributed by atoms with Crippen molar-refractivity contribution in [2.45, 2.75) is 18.9 Å². The average molecular weight is 250 g/mol. The van der Waals surface area contributed by atoms with Crippen LogP contribution in [0.3, 0.4) is 0 Å². The smallest absolute Gasteiger partial charge is 0.232 e. The Kier molecular flexibility index (Phi) is 4.46. The van der Waals surface area contributed by atoms with Gasteiger partial charge in [-0.15, -0.1) is 5.10 Å². The second kappa shape index (κ2) is 5.64. The number of nitrogens with zero attached hydrogens (tertiary/aromatic N) is 4. The van der Waals surface area contributed by atoms with E-state index < -0.39 is 0 Å². The number of amides is 1. The maximum Gasteiger partial charge on any atom is 0.232 e. The Labute approximate surface area is 105 Å². The van der Waals surface area contributed by atoms with Crippen LogP contribution in [0.1, 0.15) is 16.8 Å². The van der Waals surface area contributed by atoms with Crippen molar-refractivity contribution in [3.8, 4) is 6.07 Å². The summed E-state index contributed by atoms with van der Waals surface area (Å²) < 4.78 is 0. The molecule has 6 heteroatoms. The summed E-state index contributed by atoms with van der Waals surface area (Å²) in [4.78, 5) is 12.9. The van der Waals surface area contributed by atoms with Gasteiger partial charge in [-0.1, -0.05) is 11.8 Å². The fraction of sp³-hybridized carbons (Fsp3) is 0.455. The van der Waals surface area contributed by atoms with Crippen molar-refractivity contribution in [1.29, 1.82) is 5.26 Å². The zero-order valence-electron chi connectivity index (χ0n) is 10.3. The molecule has 0 fully saturated rings. The molecule has 0 aliphatic heterocycles. The first-order chi connectivity index (χ1) is 7.97. The van der Waals surface area contributed by atoms with Crippen LogP contribution in [0.5, 0.6) is 0 Å². The molecule has 0 unspecified atom stereocenters. The van der Waals surface area contributed by atoms with Crippen molar-refractivity contribution in [3.05, 3.63) is 16.8 Å². The van der Waals surface area contributed by atoms with Crippen LogP contribution in [0.25, 0.3) is 0 Å². The third-order valence-corrected chi connectivity index (χ3v) is 3.32. The molecule has 0 saturated heterocycles. The lowest BCUT2D eigenvalue weighted by Gasteiger charge is -2.10. The largest absolute Gasteiger partial charge is 0.348 e. The SMILES string of the molecule is Cc1nnc(SCC(=O)N(C)C)c(C#N)c1C. The van der Waals surface area contributed by atoms with Crippen LogP contribution in [0.4, 0.5) is 0 Å². The van der Waals surface area contributed by atoms with Crippen molar-refractivity contribution in [3.63, 3.8) is 0 Å². The molecular formula is C11H14N4OS. The van der Waals surface area contributed by atoms with Crippen LogP contribution in [0.2, 0.25) is 0 Å². The van der Waals surface area contributed by atoms with Gasteiger partial charge in [0, 0.05) is 14.1 Å². The highest BCUT2D eigenvalue weighted by atomic mass is 32.2. The number of aromatic nitrogens is 2. The molecule has 1 heterocycles. The zero-order chi connectivity index (χ0) is 13.0. The standard InChI is InChI=1S/C11H14N4OS/c1-7-8(2)13-14-11(9(7)5-12)17-6-10(16)15(3)4/h6H2,1-4H3. The van der Waals surface area contributed by atoms with Gasteiger partial charge in [-0.2, -0.15) is 10.4 Å². The molecule has 1 amide bonds. The summed E-state index contributed by atoms with van der Waals surface area (Å²) in [6.07, 6.45) is 0. The summed E-state index contributed by atoms with van der Waals surface area (Å²) >= 11 is 1.24. The third-order valence-electron chi connectivity index (χ3n) is 2.37. The van der Waals surface area contributed by atoms with E-state index in [0.29, 0.717) is 10.6 Å². The van der Waals surface area contributed by atoms with E-state index in [4.69, 9.17) is 5.26 Å². The number of thioether (sulfide) groups is 1. The molecule has 5 nitrogen and oxygen atoms in total. The molecule has 0 N–H and O–H groups in total. The van der Waals surface area contributed by atoms with E-state index in [0.717, 1.165) is 11.3 Å². The first kappa shape index (κ1) is 13.5. The minimum absolute atomic E-state index is 0.0149. The number of hydrogen-bond acceptors (Lipinski definition) is 5. The Hall–Kier alpha value is -1.61. The molecule has 17 heavy (non-hydrogen) atoms. The Morgan fingerprint density at radius 3 is 2.59 bits per heavy atom. The molecule has 0 bridgehead atoms. The molecule has 0 radical (unpaired) electrons. The summed E-state index contributed by atoms with van der Waals surface area (Å²) in [5.74, 6) is 0.248. The molecule has 0 aliphatic carbocycles. The Morgan fingerprint density at radius 1 is 1.41 bits per heavy atom. The van der Waals surface area contributed by atoms with Crippen LogP contribution < -0.4 is 0 Å². The summed E-state index contributed by atoms with van der Waals surface area (Å²) in [7, 11) is 3.39. The van der Waals surface area contributed by atoms with Crippen LogP contribution in [-0.2, 0) is 4.79 Å². The zero-order valence-corrected chi connectivity index (χ0v) is 11.1. The lowest BCUT2D eigenvalue weighted by Crippen LogP contribution is -2.23. The summed E-state index contributed by atoms with van der Waals surface area (Å²) in [6, 6.07) is 2.11. The normalized spacial score (nSPS) is 9.82. The Balaban J connectivity index is 2.90. The van der Waals surface area contributed by atoms with Gasteiger partial charge in [0.05, 0.1) is 17.0 Å². The van der Waals surface area contributed by atoms with Crippen molar-refractivity contribution >= 4 is 17.7 Å². The van der Waals surface area contributed by atoms with Gasteiger partial charge in [0.15, 0.2) is 0 Å². The summed E-state index contributed by atoms with van der Waals surface area (Å²) in [5.41, 5.74) is 2.07. The highest BCUT2D eigenvalue weighted by Gasteiger charge is 2.13. The van der Waals surface area contributed by atoms with Gasteiger partial charge >= 0.3 is 0 Å². The van der Waals surface area contributed by atoms with Crippen LogP contribution in [0.15, 0.2) is 5.03 Å². The maximum atomic E-state index is 11.4. The van der Waals surface area contributed by atoms with Crippen LogP contribution in [0, 0.1) is 25.2 Å². The van der Waals surface area contributed by atoms with Gasteiger partial charge in [-0.25, -0.2) is 0 Å². The fourth-order valence-electron chi connectivity index (χ4n) is 1.08. The molecule has 0 aliphatic rings. The van der Waals surface area contributed by atoms with Crippen molar-refractivity contribution in [1.82, 2.24) is 15.1 Å². The van der Waals surface area contributed by atoms with Gasteiger partial charge in [0.1, 0.15) is 11.1 Å². The van der Waals surface area contributed by atoms with Crippen molar-refractivity contribution in [2.75, 3.05) is 19.8 Å². The molecule has 90 valence electrons. The molecule has 0 saturated carbocycles. The van der Waals surface area contributed by atoms with Gasteiger partial charge in [0.2, 0.25) is 5.91 Å². The minimum atomic E-state index is -0.0149. The lowest BCUT2D eigenvalue weighted by molar-refractivity contribution is -0.125. The predicted octanol–water partition coefficient (Wildman–Crippen LogP) is 1.15. The van der Waals surface area contributed by atoms with E-state index in [2.05, 4.69) is 16.3 Å². The van der Waals surface area contributed by atoms with E-state index in [1.165, 1.54) is 16.7 Å². The van der Waals surface area contributed by atoms with Crippen LogP contribution in [-0.4, -0.2) is 40.9 Å². The Morgan fingerprint density at radius 2 is 2.06 bits per heavy atom.